The van der Waals surface area contributed by atoms with Crippen molar-refractivity contribution in [1.29, 1.82) is 5.41 Å². The van der Waals surface area contributed by atoms with Crippen molar-refractivity contribution in [2.24, 2.45) is 0 Å². The third kappa shape index (κ3) is 6.50. The van der Waals surface area contributed by atoms with Crippen molar-refractivity contribution in [3.8, 4) is 0 Å². The molecule has 46 heavy (non-hydrogen) atoms. The lowest BCUT2D eigenvalue weighted by molar-refractivity contribution is -0.136. The molecule has 1 atom stereocenters. The number of aromatic nitrogens is 2. The third-order valence-electron chi connectivity index (χ3n) is 8.50. The number of sulfonamides is 1. The highest BCUT2D eigenvalue weighted by atomic mass is 32.2. The number of nitrogens with one attached hydrogen (secondary N) is 3. The molecule has 0 bridgehead atoms. The molecule has 2 aromatic heterocycles. The smallest absolute Gasteiger partial charge is 0.412 e. The number of benzene rings is 1. The molecule has 3 aliphatic rings. The fraction of sp³-hybridized carbons (Fsp3) is 0.483. The Kier molecular flexibility index (Phi) is 9.11. The number of fused-ring (bicyclic) bond motifs is 2. The molecule has 2 fully saturated rings. The Morgan fingerprint density at radius 3 is 2.70 bits per heavy atom. The summed E-state index contributed by atoms with van der Waals surface area (Å²) < 4.78 is 39.1. The molecule has 2 saturated heterocycles. The van der Waals surface area contributed by atoms with E-state index in [0.717, 1.165) is 30.1 Å². The number of alkyl carbamates (subject to hydrolysis) is 1. The number of aromatic amines is 1. The highest BCUT2D eigenvalue weighted by Crippen LogP contribution is 2.29. The van der Waals surface area contributed by atoms with Gasteiger partial charge in [0.1, 0.15) is 10.9 Å². The second-order valence-corrected chi connectivity index (χ2v) is 14.5. The topological polar surface area (TPSA) is 181 Å². The molecule has 0 aliphatic carbocycles. The quantitative estimate of drug-likeness (QED) is 0.255. The molecular formula is C29H36N8O7S2. The number of amidine groups is 1. The monoisotopic (exact) mass is 672 g/mol. The predicted octanol–water partition coefficient (Wildman–Crippen LogP) is 1.06. The van der Waals surface area contributed by atoms with E-state index in [2.05, 4.69) is 24.9 Å². The zero-order chi connectivity index (χ0) is 32.6. The second kappa shape index (κ2) is 13.1. The van der Waals surface area contributed by atoms with Gasteiger partial charge in [-0.2, -0.15) is 4.31 Å². The Morgan fingerprint density at radius 2 is 1.93 bits per heavy atom. The summed E-state index contributed by atoms with van der Waals surface area (Å²) in [5.41, 5.74) is 1.73. The van der Waals surface area contributed by atoms with Crippen LogP contribution < -0.4 is 5.32 Å². The molecule has 0 saturated carbocycles. The largest absolute Gasteiger partial charge is 0.453 e. The normalized spacial score (nSPS) is 19.6. The highest BCUT2D eigenvalue weighted by Gasteiger charge is 2.40. The molecule has 5 heterocycles. The van der Waals surface area contributed by atoms with Crippen LogP contribution in [0.15, 0.2) is 29.3 Å². The van der Waals surface area contributed by atoms with Crippen LogP contribution in [0.25, 0.3) is 10.9 Å². The molecule has 15 nitrogen and oxygen atoms in total. The standard InChI is InChI=1S/C29H36N8O7S2/c1-34-6-5-21-23(17-34)45-27(32-21)28(39)37-8-7-36(16-20(37)15-25(38)35-9-11-44-12-10-35)46(41,42)24-14-18-3-4-19(13-22(18)31-24)26(30)33-29(40)43-2/h3-4,13-14,20,31H,5-12,15-17H2,1-2H3,(H2,30,33,40). The van der Waals surface area contributed by atoms with Crippen LogP contribution in [0.5, 0.6) is 0 Å². The number of amides is 3. The fourth-order valence-corrected chi connectivity index (χ4v) is 8.55. The second-order valence-electron chi connectivity index (χ2n) is 11.5. The van der Waals surface area contributed by atoms with E-state index in [9.17, 15) is 22.8 Å². The Labute approximate surface area is 270 Å². The lowest BCUT2D eigenvalue weighted by Crippen LogP contribution is -2.58. The number of methoxy groups -OCH3 is 1. The molecule has 0 spiro atoms. The lowest BCUT2D eigenvalue weighted by atomic mass is 10.1. The summed E-state index contributed by atoms with van der Waals surface area (Å²) >= 11 is 1.36. The number of carbonyl (C=O) groups is 3. The molecule has 0 radical (unpaired) electrons. The summed E-state index contributed by atoms with van der Waals surface area (Å²) in [6.07, 6.45) is -0.0619. The average Bonchev–Trinajstić information content (AvgIpc) is 3.69. The van der Waals surface area contributed by atoms with E-state index in [4.69, 9.17) is 10.1 Å². The molecule has 3 aliphatic heterocycles. The van der Waals surface area contributed by atoms with Crippen LogP contribution in [0.2, 0.25) is 0 Å². The summed E-state index contributed by atoms with van der Waals surface area (Å²) in [5, 5.41) is 11.3. The SMILES string of the molecule is COC(=O)NC(=N)c1ccc2cc(S(=O)(=O)N3CCN(C(=O)c4nc5c(s4)CN(C)CC5)C(CC(=O)N4CCOCC4)C3)[nH]c2c1. The number of carbonyl (C=O) groups excluding carboxylic acids is 3. The molecular weight excluding hydrogens is 637 g/mol. The van der Waals surface area contributed by atoms with Gasteiger partial charge in [0.05, 0.1) is 32.1 Å². The number of piperazine rings is 1. The number of ether oxygens (including phenoxy) is 2. The van der Waals surface area contributed by atoms with Crippen molar-refractivity contribution in [2.75, 3.05) is 66.6 Å². The van der Waals surface area contributed by atoms with Gasteiger partial charge >= 0.3 is 6.09 Å². The minimum absolute atomic E-state index is 0.0308. The number of hydrogen-bond acceptors (Lipinski definition) is 11. The van der Waals surface area contributed by atoms with Crippen molar-refractivity contribution in [2.45, 2.75) is 30.5 Å². The molecule has 17 heteroatoms. The number of hydrogen-bond donors (Lipinski definition) is 3. The van der Waals surface area contributed by atoms with E-state index < -0.39 is 22.2 Å². The molecule has 3 N–H and O–H groups in total. The first-order chi connectivity index (χ1) is 22.0. The number of likely N-dealkylation sites (N-methyl/N-ethyl adjacent to an activating group) is 1. The first kappa shape index (κ1) is 32.1. The van der Waals surface area contributed by atoms with Gasteiger partial charge < -0.3 is 29.2 Å². The first-order valence-corrected chi connectivity index (χ1v) is 17.2. The zero-order valence-electron chi connectivity index (χ0n) is 25.6. The highest BCUT2D eigenvalue weighted by molar-refractivity contribution is 7.89. The predicted molar refractivity (Wildman–Crippen MR) is 168 cm³/mol. The van der Waals surface area contributed by atoms with Crippen LogP contribution >= 0.6 is 11.3 Å². The molecule has 1 unspecified atom stereocenters. The maximum Gasteiger partial charge on any atom is 0.412 e. The minimum atomic E-state index is -4.06. The Hall–Kier alpha value is -3.90. The van der Waals surface area contributed by atoms with Crippen LogP contribution in [-0.4, -0.2) is 134 Å². The van der Waals surface area contributed by atoms with Gasteiger partial charge in [0.15, 0.2) is 5.01 Å². The number of thiazole rings is 1. The van der Waals surface area contributed by atoms with Gasteiger partial charge in [0, 0.05) is 80.0 Å². The van der Waals surface area contributed by atoms with E-state index >= 15 is 0 Å². The summed E-state index contributed by atoms with van der Waals surface area (Å²) in [6.45, 7) is 3.41. The van der Waals surface area contributed by atoms with Crippen LogP contribution in [0.1, 0.15) is 32.4 Å². The fourth-order valence-electron chi connectivity index (χ4n) is 5.93. The zero-order valence-corrected chi connectivity index (χ0v) is 27.2. The van der Waals surface area contributed by atoms with Crippen molar-refractivity contribution in [1.82, 2.24) is 34.3 Å². The van der Waals surface area contributed by atoms with Crippen LogP contribution in [0.4, 0.5) is 4.79 Å². The number of morpholine rings is 1. The maximum atomic E-state index is 14.0. The minimum Gasteiger partial charge on any atom is -0.453 e. The van der Waals surface area contributed by atoms with Crippen molar-refractivity contribution < 1.29 is 32.3 Å². The van der Waals surface area contributed by atoms with Crippen molar-refractivity contribution in [3.63, 3.8) is 0 Å². The van der Waals surface area contributed by atoms with Crippen LogP contribution in [-0.2, 0) is 37.3 Å². The Bertz CT molecular complexity index is 1780. The Morgan fingerprint density at radius 1 is 1.15 bits per heavy atom. The van der Waals surface area contributed by atoms with Gasteiger partial charge in [-0.05, 0) is 19.2 Å². The Balaban J connectivity index is 1.24. The molecule has 246 valence electrons. The van der Waals surface area contributed by atoms with Gasteiger partial charge in [-0.15, -0.1) is 11.3 Å². The summed E-state index contributed by atoms with van der Waals surface area (Å²) in [4.78, 5) is 52.9. The van der Waals surface area contributed by atoms with Gasteiger partial charge in [-0.1, -0.05) is 12.1 Å². The van der Waals surface area contributed by atoms with Crippen LogP contribution in [0, 0.1) is 5.41 Å². The van der Waals surface area contributed by atoms with Gasteiger partial charge in [-0.3, -0.25) is 20.3 Å². The molecule has 6 rings (SSSR count). The van der Waals surface area contributed by atoms with Crippen LogP contribution in [0.3, 0.4) is 0 Å². The summed E-state index contributed by atoms with van der Waals surface area (Å²) in [6, 6.07) is 5.62. The molecule has 1 aromatic carbocycles. The van der Waals surface area contributed by atoms with Crippen molar-refractivity contribution in [3.05, 3.63) is 45.4 Å². The molecule has 3 aromatic rings. The van der Waals surface area contributed by atoms with Gasteiger partial charge in [0.2, 0.25) is 5.91 Å². The van der Waals surface area contributed by atoms with Gasteiger partial charge in [0.25, 0.3) is 15.9 Å². The van der Waals surface area contributed by atoms with Crippen molar-refractivity contribution >= 4 is 56.0 Å². The number of H-pyrrole nitrogens is 1. The summed E-state index contributed by atoms with van der Waals surface area (Å²) in [5.74, 6) is -0.652. The van der Waals surface area contributed by atoms with Gasteiger partial charge in [-0.25, -0.2) is 18.2 Å². The summed E-state index contributed by atoms with van der Waals surface area (Å²) in [7, 11) is -0.846. The van der Waals surface area contributed by atoms with E-state index in [0.29, 0.717) is 47.8 Å². The average molecular weight is 673 g/mol. The maximum absolute atomic E-state index is 14.0. The molecule has 3 amide bonds. The van der Waals surface area contributed by atoms with E-state index in [-0.39, 0.29) is 48.7 Å². The lowest BCUT2D eigenvalue weighted by Gasteiger charge is -2.41. The van der Waals surface area contributed by atoms with E-state index in [1.165, 1.54) is 28.8 Å². The van der Waals surface area contributed by atoms with E-state index in [1.54, 1.807) is 28.0 Å². The number of rotatable bonds is 6. The number of nitrogens with zero attached hydrogens (tertiary/aromatic N) is 5. The van der Waals surface area contributed by atoms with E-state index in [1.807, 2.05) is 7.05 Å². The third-order valence-corrected chi connectivity index (χ3v) is 11.4. The first-order valence-electron chi connectivity index (χ1n) is 14.9.